The number of fused-ring (bicyclic) bond motifs is 1. The van der Waals surface area contributed by atoms with Gasteiger partial charge in [0, 0.05) is 34.9 Å². The van der Waals surface area contributed by atoms with Gasteiger partial charge in [-0.15, -0.1) is 12.6 Å². The molecule has 4 nitrogen and oxygen atoms in total. The highest BCUT2D eigenvalue weighted by atomic mass is 79.9. The molecule has 0 saturated carbocycles. The van der Waals surface area contributed by atoms with Gasteiger partial charge in [-0.25, -0.2) is 0 Å². The van der Waals surface area contributed by atoms with Crippen LogP contribution in [0, 0.1) is 5.92 Å². The number of carbonyl (C=O) groups is 2. The molecule has 6 heteroatoms. The molecule has 1 N–H and O–H groups in total. The van der Waals surface area contributed by atoms with Crippen LogP contribution < -0.4 is 5.32 Å². The molecule has 2 amide bonds. The van der Waals surface area contributed by atoms with Crippen molar-refractivity contribution in [3.8, 4) is 0 Å². The molecule has 3 rings (SSSR count). The van der Waals surface area contributed by atoms with E-state index in [9.17, 15) is 9.59 Å². The van der Waals surface area contributed by atoms with E-state index in [0.717, 1.165) is 22.2 Å². The zero-order chi connectivity index (χ0) is 15.0. The Morgan fingerprint density at radius 1 is 1.38 bits per heavy atom. The third-order valence-corrected chi connectivity index (χ3v) is 5.26. The predicted molar refractivity (Wildman–Crippen MR) is 86.6 cm³/mol. The Hall–Kier alpha value is -1.01. The molecule has 1 aromatic carbocycles. The second-order valence-corrected chi connectivity index (χ2v) is 7.05. The molecule has 112 valence electrons. The molecule has 0 aliphatic carbocycles. The van der Waals surface area contributed by atoms with E-state index in [-0.39, 0.29) is 17.9 Å². The van der Waals surface area contributed by atoms with Gasteiger partial charge in [0.2, 0.25) is 5.91 Å². The van der Waals surface area contributed by atoms with E-state index in [0.29, 0.717) is 31.0 Å². The molecule has 2 heterocycles. The van der Waals surface area contributed by atoms with Crippen molar-refractivity contribution in [3.63, 3.8) is 0 Å². The number of halogens is 1. The summed E-state index contributed by atoms with van der Waals surface area (Å²) in [6.07, 6.45) is 2.27. The molecular weight excluding hydrogens is 352 g/mol. The van der Waals surface area contributed by atoms with E-state index < -0.39 is 0 Å². The van der Waals surface area contributed by atoms with E-state index in [4.69, 9.17) is 0 Å². The molecule has 2 atom stereocenters. The molecule has 21 heavy (non-hydrogen) atoms. The van der Waals surface area contributed by atoms with Crippen molar-refractivity contribution in [3.05, 3.63) is 28.2 Å². The van der Waals surface area contributed by atoms with Crippen molar-refractivity contribution < 1.29 is 9.59 Å². The van der Waals surface area contributed by atoms with E-state index in [1.807, 2.05) is 17.0 Å². The summed E-state index contributed by atoms with van der Waals surface area (Å²) in [6, 6.07) is 5.73. The lowest BCUT2D eigenvalue weighted by Crippen LogP contribution is -2.55. The average molecular weight is 369 g/mol. The summed E-state index contributed by atoms with van der Waals surface area (Å²) in [5.41, 5.74) is 0.654. The van der Waals surface area contributed by atoms with E-state index in [1.54, 1.807) is 6.07 Å². The number of likely N-dealkylation sites (tertiary alicyclic amines) is 1. The monoisotopic (exact) mass is 368 g/mol. The van der Waals surface area contributed by atoms with Gasteiger partial charge < -0.3 is 10.2 Å². The summed E-state index contributed by atoms with van der Waals surface area (Å²) in [7, 11) is 0. The zero-order valence-corrected chi connectivity index (χ0v) is 14.0. The SMILES string of the molecule is O=C1CCC2CN(C(=O)c3cc(S)ccc3Br)CCC2N1. The third-order valence-electron chi connectivity index (χ3n) is 4.29. The van der Waals surface area contributed by atoms with Crippen molar-refractivity contribution >= 4 is 40.4 Å². The summed E-state index contributed by atoms with van der Waals surface area (Å²) < 4.78 is 0.796. The molecule has 1 aromatic rings. The van der Waals surface area contributed by atoms with Crippen LogP contribution in [0.15, 0.2) is 27.6 Å². The summed E-state index contributed by atoms with van der Waals surface area (Å²) in [5.74, 6) is 0.549. The molecule has 2 aliphatic rings. The number of nitrogens with zero attached hydrogens (tertiary/aromatic N) is 1. The first kappa shape index (κ1) is 14.9. The molecule has 2 fully saturated rings. The molecule has 0 bridgehead atoms. The van der Waals surface area contributed by atoms with Crippen LogP contribution in [-0.4, -0.2) is 35.8 Å². The molecule has 0 spiro atoms. The minimum Gasteiger partial charge on any atom is -0.353 e. The Morgan fingerprint density at radius 3 is 3.00 bits per heavy atom. The number of amides is 2. The van der Waals surface area contributed by atoms with Gasteiger partial charge in [-0.2, -0.15) is 0 Å². The number of hydrogen-bond acceptors (Lipinski definition) is 3. The summed E-state index contributed by atoms with van der Waals surface area (Å²) in [4.78, 5) is 26.8. The Labute approximate surface area is 137 Å². The number of benzene rings is 1. The van der Waals surface area contributed by atoms with Crippen molar-refractivity contribution in [2.24, 2.45) is 5.92 Å². The fourth-order valence-corrected chi connectivity index (χ4v) is 3.76. The highest BCUT2D eigenvalue weighted by Gasteiger charge is 2.35. The Morgan fingerprint density at radius 2 is 2.19 bits per heavy atom. The average Bonchev–Trinajstić information content (AvgIpc) is 2.48. The van der Waals surface area contributed by atoms with Crippen LogP contribution in [0.25, 0.3) is 0 Å². The fraction of sp³-hybridized carbons (Fsp3) is 0.467. The summed E-state index contributed by atoms with van der Waals surface area (Å²) in [5, 5.41) is 3.04. The number of hydrogen-bond donors (Lipinski definition) is 2. The lowest BCUT2D eigenvalue weighted by atomic mass is 9.85. The molecule has 2 unspecified atom stereocenters. The van der Waals surface area contributed by atoms with Gasteiger partial charge in [-0.3, -0.25) is 9.59 Å². The summed E-state index contributed by atoms with van der Waals surface area (Å²) in [6.45, 7) is 1.40. The van der Waals surface area contributed by atoms with Gasteiger partial charge in [0.25, 0.3) is 5.91 Å². The number of piperidine rings is 2. The summed E-state index contributed by atoms with van der Waals surface area (Å²) >= 11 is 7.74. The maximum absolute atomic E-state index is 12.7. The van der Waals surface area contributed by atoms with Crippen molar-refractivity contribution in [2.75, 3.05) is 13.1 Å². The molecule has 2 saturated heterocycles. The topological polar surface area (TPSA) is 49.4 Å². The second kappa shape index (κ2) is 6.01. The van der Waals surface area contributed by atoms with Crippen molar-refractivity contribution in [1.29, 1.82) is 0 Å². The van der Waals surface area contributed by atoms with Crippen LogP contribution in [0.3, 0.4) is 0 Å². The quantitative estimate of drug-likeness (QED) is 0.748. The largest absolute Gasteiger partial charge is 0.353 e. The van der Waals surface area contributed by atoms with Crippen LogP contribution in [0.2, 0.25) is 0 Å². The minimum absolute atomic E-state index is 0.0353. The molecule has 2 aliphatic heterocycles. The maximum Gasteiger partial charge on any atom is 0.255 e. The zero-order valence-electron chi connectivity index (χ0n) is 11.5. The van der Waals surface area contributed by atoms with Crippen molar-refractivity contribution in [1.82, 2.24) is 10.2 Å². The third kappa shape index (κ3) is 3.11. The van der Waals surface area contributed by atoms with Gasteiger partial charge in [-0.05, 0) is 52.9 Å². The van der Waals surface area contributed by atoms with Crippen LogP contribution in [0.5, 0.6) is 0 Å². The number of carbonyl (C=O) groups excluding carboxylic acids is 2. The molecule has 0 aromatic heterocycles. The van der Waals surface area contributed by atoms with E-state index >= 15 is 0 Å². The highest BCUT2D eigenvalue weighted by Crippen LogP contribution is 2.28. The van der Waals surface area contributed by atoms with Gasteiger partial charge in [0.15, 0.2) is 0 Å². The Kier molecular flexibility index (Phi) is 4.26. The lowest BCUT2D eigenvalue weighted by molar-refractivity contribution is -0.125. The standard InChI is InChI=1S/C15H17BrN2O2S/c16-12-3-2-10(21)7-11(12)15(20)18-6-5-13-9(8-18)1-4-14(19)17-13/h2-3,7,9,13,21H,1,4-6,8H2,(H,17,19). The lowest BCUT2D eigenvalue weighted by Gasteiger charge is -2.41. The number of nitrogens with one attached hydrogen (secondary N) is 1. The van der Waals surface area contributed by atoms with E-state index in [1.165, 1.54) is 0 Å². The number of rotatable bonds is 1. The highest BCUT2D eigenvalue weighted by molar-refractivity contribution is 9.10. The normalized spacial score (nSPS) is 25.2. The Bertz CT molecular complexity index is 593. The maximum atomic E-state index is 12.7. The number of thiol groups is 1. The molecular formula is C15H17BrN2O2S. The fourth-order valence-electron chi connectivity index (χ4n) is 3.14. The predicted octanol–water partition coefficient (Wildman–Crippen LogP) is 2.48. The smallest absolute Gasteiger partial charge is 0.255 e. The first-order valence-electron chi connectivity index (χ1n) is 7.12. The first-order chi connectivity index (χ1) is 10.0. The van der Waals surface area contributed by atoms with Gasteiger partial charge >= 0.3 is 0 Å². The first-order valence-corrected chi connectivity index (χ1v) is 8.36. The second-order valence-electron chi connectivity index (χ2n) is 5.68. The van der Waals surface area contributed by atoms with Crippen molar-refractivity contribution in [2.45, 2.75) is 30.2 Å². The Balaban J connectivity index is 1.74. The van der Waals surface area contributed by atoms with Crippen LogP contribution in [0.4, 0.5) is 0 Å². The molecule has 0 radical (unpaired) electrons. The van der Waals surface area contributed by atoms with Crippen LogP contribution in [0.1, 0.15) is 29.6 Å². The van der Waals surface area contributed by atoms with Crippen LogP contribution >= 0.6 is 28.6 Å². The van der Waals surface area contributed by atoms with E-state index in [2.05, 4.69) is 33.9 Å². The van der Waals surface area contributed by atoms with Gasteiger partial charge in [0.05, 0.1) is 5.56 Å². The van der Waals surface area contributed by atoms with Gasteiger partial charge in [-0.1, -0.05) is 0 Å². The minimum atomic E-state index is 0.0353. The van der Waals surface area contributed by atoms with Gasteiger partial charge in [0.1, 0.15) is 0 Å². The van der Waals surface area contributed by atoms with Crippen LogP contribution in [-0.2, 0) is 4.79 Å².